The van der Waals surface area contributed by atoms with Crippen molar-refractivity contribution in [2.24, 2.45) is 0 Å². The Bertz CT molecular complexity index is 1930. The van der Waals surface area contributed by atoms with Crippen LogP contribution < -0.4 is 17.0 Å². The number of anilines is 2. The highest BCUT2D eigenvalue weighted by Crippen LogP contribution is 2.53. The molecular weight excluding hydrogens is 648 g/mol. The van der Waals surface area contributed by atoms with Crippen molar-refractivity contribution in [3.05, 3.63) is 35.3 Å². The molecule has 242 valence electrons. The monoisotopic (exact) mass is 673 g/mol. The van der Waals surface area contributed by atoms with E-state index in [2.05, 4.69) is 24.9 Å². The van der Waals surface area contributed by atoms with Crippen molar-refractivity contribution in [3.8, 4) is 0 Å². The molecule has 0 spiro atoms. The van der Waals surface area contributed by atoms with Gasteiger partial charge in [-0.2, -0.15) is 4.98 Å². The number of nitrogens with zero attached hydrogens (tertiary/aromatic N) is 6. The molecule has 0 amide bonds. The highest BCUT2D eigenvalue weighted by atomic mass is 31.2. The second-order valence-corrected chi connectivity index (χ2v) is 13.4. The number of hydrogen-bond acceptors (Lipinski definition) is 17. The summed E-state index contributed by atoms with van der Waals surface area (Å²) in [6, 6.07) is 1.37. The van der Waals surface area contributed by atoms with Gasteiger partial charge in [0.15, 0.2) is 48.3 Å². The van der Waals surface area contributed by atoms with Gasteiger partial charge in [0.1, 0.15) is 36.3 Å². The van der Waals surface area contributed by atoms with E-state index in [0.29, 0.717) is 0 Å². The van der Waals surface area contributed by atoms with Gasteiger partial charge in [0, 0.05) is 6.20 Å². The van der Waals surface area contributed by atoms with Crippen LogP contribution in [0.3, 0.4) is 0 Å². The fourth-order valence-corrected chi connectivity index (χ4v) is 7.28. The average molecular weight is 673 g/mol. The molecule has 9 N–H and O–H groups in total. The predicted molar refractivity (Wildman–Crippen MR) is 146 cm³/mol. The quantitative estimate of drug-likeness (QED) is 0.116. The Morgan fingerprint density at radius 2 is 1.78 bits per heavy atom. The Morgan fingerprint density at radius 3 is 2.58 bits per heavy atom. The first kappa shape index (κ1) is 30.3. The van der Waals surface area contributed by atoms with Crippen molar-refractivity contribution in [2.75, 3.05) is 24.4 Å². The molecule has 3 aliphatic rings. The lowest BCUT2D eigenvalue weighted by atomic mass is 10.1. The third kappa shape index (κ3) is 5.33. The molecule has 4 aromatic rings. The Kier molecular flexibility index (Phi) is 7.32. The Morgan fingerprint density at radius 1 is 0.978 bits per heavy atom. The van der Waals surface area contributed by atoms with E-state index in [4.69, 9.17) is 39.2 Å². The van der Waals surface area contributed by atoms with Crippen molar-refractivity contribution in [1.29, 1.82) is 0 Å². The highest BCUT2D eigenvalue weighted by Gasteiger charge is 2.54. The lowest BCUT2D eigenvalue weighted by molar-refractivity contribution is -0.167. The number of aromatic amines is 1. The number of aliphatic hydroxyl groups is 2. The molecule has 7 heterocycles. The summed E-state index contributed by atoms with van der Waals surface area (Å²) in [6.07, 6.45) is -10.2. The number of H-pyrrole nitrogens is 1. The molecular formula is C21H25N9O13P2. The maximum Gasteiger partial charge on any atom is 0.472 e. The topological polar surface area (TPSA) is 317 Å². The van der Waals surface area contributed by atoms with Gasteiger partial charge >= 0.3 is 15.4 Å². The number of rotatable bonds is 2. The van der Waals surface area contributed by atoms with Gasteiger partial charge in [-0.3, -0.25) is 32.5 Å². The third-order valence-electron chi connectivity index (χ3n) is 7.36. The molecule has 0 saturated carbocycles. The van der Waals surface area contributed by atoms with Crippen LogP contribution in [0.1, 0.15) is 12.5 Å². The van der Waals surface area contributed by atoms with Gasteiger partial charge in [0.25, 0.3) is 5.56 Å². The van der Waals surface area contributed by atoms with Crippen molar-refractivity contribution in [2.45, 2.75) is 49.3 Å². The Hall–Kier alpha value is -3.37. The molecule has 3 saturated heterocycles. The Balaban J connectivity index is 1.21. The SMILES string of the molecule is Nc1nc2c(ccn2[C@@H]2O[C@@H]3COP(=O)(O)O[C@@H]4[C@@H](OCP(=O)(O)O[C@@H]2[C@@H]3O)O[C@@H](n2cnc3c(N)ncnc32)[C@@H]4O)c(=O)[nH]1. The molecule has 4 aromatic heterocycles. The number of ether oxygens (including phenoxy) is 3. The minimum Gasteiger partial charge on any atom is -0.387 e. The maximum absolute atomic E-state index is 13.3. The fourth-order valence-electron chi connectivity index (χ4n) is 5.35. The van der Waals surface area contributed by atoms with Gasteiger partial charge in [-0.1, -0.05) is 0 Å². The van der Waals surface area contributed by atoms with Crippen molar-refractivity contribution >= 4 is 49.4 Å². The summed E-state index contributed by atoms with van der Waals surface area (Å²) < 4.78 is 61.6. The number of hydrogen-bond donors (Lipinski definition) is 7. The minimum absolute atomic E-state index is 0.00815. The van der Waals surface area contributed by atoms with Crippen LogP contribution >= 0.6 is 15.4 Å². The molecule has 45 heavy (non-hydrogen) atoms. The maximum atomic E-state index is 13.3. The number of fused-ring (bicyclic) bond motifs is 5. The Labute approximate surface area is 249 Å². The summed E-state index contributed by atoms with van der Waals surface area (Å²) in [4.78, 5) is 52.1. The first-order valence-corrected chi connectivity index (χ1v) is 16.3. The van der Waals surface area contributed by atoms with Gasteiger partial charge in [-0.15, -0.1) is 0 Å². The summed E-state index contributed by atoms with van der Waals surface area (Å²) in [5, 5.41) is 22.2. The summed E-state index contributed by atoms with van der Waals surface area (Å²) in [7, 11) is -9.89. The van der Waals surface area contributed by atoms with E-state index in [-0.39, 0.29) is 34.0 Å². The molecule has 22 nitrogen and oxygen atoms in total. The molecule has 10 atom stereocenters. The van der Waals surface area contributed by atoms with E-state index in [1.807, 2.05) is 0 Å². The second-order valence-electron chi connectivity index (χ2n) is 10.3. The minimum atomic E-state index is -5.08. The van der Waals surface area contributed by atoms with Crippen LogP contribution in [0.15, 0.2) is 29.7 Å². The zero-order valence-electron chi connectivity index (χ0n) is 22.5. The number of nitrogens with two attached hydrogens (primary N) is 2. The molecule has 3 aliphatic heterocycles. The fraction of sp³-hybridized carbons (Fsp3) is 0.476. The van der Waals surface area contributed by atoms with Gasteiger partial charge < -0.3 is 50.2 Å². The van der Waals surface area contributed by atoms with Crippen LogP contribution in [-0.2, 0) is 36.9 Å². The predicted octanol–water partition coefficient (Wildman–Crippen LogP) is -1.74. The number of aromatic nitrogens is 7. The average Bonchev–Trinajstić information content (AvgIpc) is 3.72. The number of aliphatic hydroxyl groups excluding tert-OH is 2. The number of nitrogen functional groups attached to an aromatic ring is 2. The molecule has 24 heteroatoms. The first-order valence-electron chi connectivity index (χ1n) is 13.1. The van der Waals surface area contributed by atoms with Gasteiger partial charge in [0.2, 0.25) is 5.95 Å². The van der Waals surface area contributed by atoms with Crippen molar-refractivity contribution < 1.29 is 56.9 Å². The molecule has 2 unspecified atom stereocenters. The molecule has 0 aliphatic carbocycles. The van der Waals surface area contributed by atoms with Crippen LogP contribution in [0.2, 0.25) is 0 Å². The van der Waals surface area contributed by atoms with E-state index in [1.165, 1.54) is 27.7 Å². The molecule has 3 fully saturated rings. The van der Waals surface area contributed by atoms with E-state index < -0.39 is 83.2 Å². The van der Waals surface area contributed by atoms with Crippen LogP contribution in [0, 0.1) is 0 Å². The molecule has 2 bridgehead atoms. The van der Waals surface area contributed by atoms with Crippen LogP contribution in [0.4, 0.5) is 11.8 Å². The van der Waals surface area contributed by atoms with Crippen LogP contribution in [-0.4, -0.2) is 104 Å². The zero-order valence-corrected chi connectivity index (χ0v) is 24.3. The smallest absolute Gasteiger partial charge is 0.387 e. The second kappa shape index (κ2) is 10.9. The standard InChI is InChI=1S/C21H25N9O13P2/c22-14-9-16(25-4-24-14)30(5-26-9)18-11(32)13-20(41-18)38-6-44(34,35)42-12-10(31)8(3-39-45(36,37)43-13)40-19(12)29-2-1-7-15(29)27-21(23)28-17(7)33/h1-2,4-5,8,10-13,18-20,31-32H,3,6H2,(H,34,35)(H,36,37)(H2,22,24,25)(H3,23,27,28,33)/t8-,10-,11-,12-,13+,18-,19-,20+/m1/s1. The van der Waals surface area contributed by atoms with E-state index in [9.17, 15) is 33.9 Å². The molecule has 0 radical (unpaired) electrons. The van der Waals surface area contributed by atoms with Crippen LogP contribution in [0.5, 0.6) is 0 Å². The van der Waals surface area contributed by atoms with Crippen LogP contribution in [0.25, 0.3) is 22.2 Å². The summed E-state index contributed by atoms with van der Waals surface area (Å²) in [5.74, 6) is -0.208. The molecule has 7 rings (SSSR count). The highest BCUT2D eigenvalue weighted by molar-refractivity contribution is 7.52. The number of phosphoric acid groups is 1. The van der Waals surface area contributed by atoms with Gasteiger partial charge in [-0.25, -0.2) is 19.5 Å². The van der Waals surface area contributed by atoms with E-state index in [1.54, 1.807) is 0 Å². The van der Waals surface area contributed by atoms with E-state index >= 15 is 0 Å². The lowest BCUT2D eigenvalue weighted by Crippen LogP contribution is -2.35. The summed E-state index contributed by atoms with van der Waals surface area (Å²) >= 11 is 0. The number of nitrogens with one attached hydrogen (secondary N) is 1. The zero-order chi connectivity index (χ0) is 31.8. The summed E-state index contributed by atoms with van der Waals surface area (Å²) in [6.45, 7) is -0.794. The van der Waals surface area contributed by atoms with E-state index in [0.717, 1.165) is 6.33 Å². The first-order chi connectivity index (χ1) is 21.3. The van der Waals surface area contributed by atoms with Gasteiger partial charge in [0.05, 0.1) is 18.3 Å². The third-order valence-corrected chi connectivity index (χ3v) is 9.40. The lowest BCUT2D eigenvalue weighted by Gasteiger charge is -2.26. The molecule has 0 aromatic carbocycles. The normalized spacial score (nSPS) is 37.7. The van der Waals surface area contributed by atoms with Crippen molar-refractivity contribution in [1.82, 2.24) is 34.1 Å². The summed E-state index contributed by atoms with van der Waals surface area (Å²) in [5.41, 5.74) is 11.2. The number of imidazole rings is 1. The van der Waals surface area contributed by atoms with Gasteiger partial charge in [-0.05, 0) is 6.07 Å². The largest absolute Gasteiger partial charge is 0.472 e. The van der Waals surface area contributed by atoms with Crippen molar-refractivity contribution in [3.63, 3.8) is 0 Å². The number of phosphoric ester groups is 1.